The van der Waals surface area contributed by atoms with Crippen molar-refractivity contribution in [3.8, 4) is 0 Å². The van der Waals surface area contributed by atoms with Gasteiger partial charge in [-0.1, -0.05) is 0 Å². The third-order valence-electron chi connectivity index (χ3n) is 0.154. The second-order valence-corrected chi connectivity index (χ2v) is 6.21. The first-order valence-corrected chi connectivity index (χ1v) is 6.87. The number of halogens is 1. The van der Waals surface area contributed by atoms with Crippen molar-refractivity contribution in [3.05, 3.63) is 0 Å². The summed E-state index contributed by atoms with van der Waals surface area (Å²) in [5.41, 5.74) is 0. The first kappa shape index (κ1) is 5.08. The van der Waals surface area contributed by atoms with Crippen LogP contribution in [0, 0.1) is 0 Å². The van der Waals surface area contributed by atoms with Gasteiger partial charge in [0.25, 0.3) is 0 Å². The summed E-state index contributed by atoms with van der Waals surface area (Å²) in [4.78, 5) is 2.25. The number of hydrogen-bond acceptors (Lipinski definition) is 1. The molecule has 0 heterocycles. The predicted octanol–water partition coefficient (Wildman–Crippen LogP) is -2.02. The summed E-state index contributed by atoms with van der Waals surface area (Å²) in [6.45, 7) is 0. The Morgan fingerprint density at radius 1 is 1.75 bits per heavy atom. The molecule has 0 aromatic heterocycles. The first-order valence-electron chi connectivity index (χ1n) is 0.941. The molecule has 4 heavy (non-hydrogen) atoms. The fourth-order valence-corrected chi connectivity index (χ4v) is 0. The molecule has 0 atom stereocenters. The molecule has 28 valence electrons. The van der Waals surface area contributed by atoms with Gasteiger partial charge in [0.15, 0.2) is 0 Å². The van der Waals surface area contributed by atoms with Crippen molar-refractivity contribution < 1.29 is 19.8 Å². The molecule has 0 unspecified atom stereocenters. The maximum atomic E-state index is 2.25. The summed E-state index contributed by atoms with van der Waals surface area (Å²) in [6.07, 6.45) is 2.15. The monoisotopic (exact) mass is 189 g/mol. The zero-order chi connectivity index (χ0) is 3.41. The van der Waals surface area contributed by atoms with E-state index in [0.29, 0.717) is 19.8 Å². The van der Waals surface area contributed by atoms with Crippen molar-refractivity contribution in [1.82, 2.24) is 0 Å². The van der Waals surface area contributed by atoms with Crippen LogP contribution in [0.4, 0.5) is 0 Å². The molecule has 0 radical (unpaired) electrons. The molecule has 0 aliphatic carbocycles. The summed E-state index contributed by atoms with van der Waals surface area (Å²) in [6, 6.07) is 0. The molecule has 0 fully saturated rings. The van der Waals surface area contributed by atoms with Crippen LogP contribution in [0.3, 0.4) is 0 Å². The summed E-state index contributed by atoms with van der Waals surface area (Å²) < 4.78 is 0. The van der Waals surface area contributed by atoms with Crippen LogP contribution in [0.2, 0.25) is 0 Å². The Bertz CT molecular complexity index is 8.00. The standard InChI is InChI=1S/C2H6IS/c1-3-4-2/h1-2H3/q-1. The molecular formula is C2H6IS-. The molecule has 0 rings (SSSR count). The van der Waals surface area contributed by atoms with Gasteiger partial charge in [0.1, 0.15) is 0 Å². The molecule has 0 bridgehead atoms. The Morgan fingerprint density at radius 3 is 2.00 bits per heavy atom. The van der Waals surface area contributed by atoms with E-state index in [4.69, 9.17) is 0 Å². The van der Waals surface area contributed by atoms with Crippen molar-refractivity contribution in [2.24, 2.45) is 0 Å². The molecule has 0 amide bonds. The fraction of sp³-hybridized carbons (Fsp3) is 1.00. The van der Waals surface area contributed by atoms with E-state index in [-0.39, 0.29) is 0 Å². The molecule has 0 aliphatic heterocycles. The van der Waals surface area contributed by atoms with Gasteiger partial charge in [-0.05, 0) is 0 Å². The quantitative estimate of drug-likeness (QED) is 0.339. The molecule has 0 saturated heterocycles. The normalized spacial score (nSPS) is 8.50. The predicted molar refractivity (Wildman–Crippen MR) is 19.4 cm³/mol. The molecule has 0 N–H and O–H groups in total. The van der Waals surface area contributed by atoms with Gasteiger partial charge in [-0.2, -0.15) is 0 Å². The van der Waals surface area contributed by atoms with E-state index < -0.39 is 0 Å². The van der Waals surface area contributed by atoms with Gasteiger partial charge in [0.2, 0.25) is 0 Å². The van der Waals surface area contributed by atoms with Crippen molar-refractivity contribution >= 4 is 8.93 Å². The van der Waals surface area contributed by atoms with Crippen molar-refractivity contribution in [2.75, 3.05) is 11.2 Å². The van der Waals surface area contributed by atoms with Crippen LogP contribution in [-0.2, 0) is 0 Å². The number of hydrogen-bond donors (Lipinski definition) is 0. The van der Waals surface area contributed by atoms with E-state index in [0.717, 1.165) is 0 Å². The average molecular weight is 189 g/mol. The van der Waals surface area contributed by atoms with Gasteiger partial charge < -0.3 is 0 Å². The Labute approximate surface area is 40.1 Å². The van der Waals surface area contributed by atoms with Gasteiger partial charge in [-0.15, -0.1) is 0 Å². The maximum absolute atomic E-state index is 2.25. The number of alkyl halides is 1. The third-order valence-corrected chi connectivity index (χ3v) is 3.11. The Kier molecular flexibility index (Phi) is 5.18. The molecule has 0 saturated carbocycles. The van der Waals surface area contributed by atoms with Crippen molar-refractivity contribution in [2.45, 2.75) is 0 Å². The molecule has 2 heteroatoms. The summed E-state index contributed by atoms with van der Waals surface area (Å²) in [5, 5.41) is 0. The zero-order valence-electron chi connectivity index (χ0n) is 2.79. The zero-order valence-corrected chi connectivity index (χ0v) is 5.76. The van der Waals surface area contributed by atoms with Gasteiger partial charge in [0.05, 0.1) is 0 Å². The second-order valence-electron chi connectivity index (χ2n) is 0.309. The molecule has 0 nitrogen and oxygen atoms in total. The van der Waals surface area contributed by atoms with Crippen molar-refractivity contribution in [3.63, 3.8) is 0 Å². The third kappa shape index (κ3) is 3.08. The summed E-state index contributed by atoms with van der Waals surface area (Å²) in [5.74, 6) is 0. The summed E-state index contributed by atoms with van der Waals surface area (Å²) >= 11 is 0.527. The van der Waals surface area contributed by atoms with E-state index in [1.807, 2.05) is 8.93 Å². The van der Waals surface area contributed by atoms with E-state index >= 15 is 0 Å². The van der Waals surface area contributed by atoms with Gasteiger partial charge in [0, 0.05) is 0 Å². The van der Waals surface area contributed by atoms with Crippen LogP contribution in [0.25, 0.3) is 0 Å². The first-order chi connectivity index (χ1) is 1.91. The van der Waals surface area contributed by atoms with Crippen LogP contribution in [-0.4, -0.2) is 11.2 Å². The van der Waals surface area contributed by atoms with Crippen LogP contribution in [0.15, 0.2) is 0 Å². The minimum absolute atomic E-state index is 0.527. The van der Waals surface area contributed by atoms with Crippen LogP contribution >= 0.6 is 8.93 Å². The van der Waals surface area contributed by atoms with Gasteiger partial charge in [-0.3, -0.25) is 0 Å². The Hall–Kier alpha value is 1.08. The van der Waals surface area contributed by atoms with E-state index in [1.54, 1.807) is 0 Å². The van der Waals surface area contributed by atoms with Crippen LogP contribution < -0.4 is 19.8 Å². The Morgan fingerprint density at radius 2 is 2.00 bits per heavy atom. The molecule has 0 aliphatic rings. The van der Waals surface area contributed by atoms with E-state index in [9.17, 15) is 0 Å². The molecular weight excluding hydrogens is 183 g/mol. The van der Waals surface area contributed by atoms with Crippen molar-refractivity contribution in [1.29, 1.82) is 0 Å². The van der Waals surface area contributed by atoms with E-state index in [1.165, 1.54) is 0 Å². The van der Waals surface area contributed by atoms with E-state index in [2.05, 4.69) is 11.2 Å². The Balaban J connectivity index is 1.97. The fourth-order valence-electron chi connectivity index (χ4n) is 0. The van der Waals surface area contributed by atoms with Crippen LogP contribution in [0.5, 0.6) is 0 Å². The topological polar surface area (TPSA) is 0 Å². The van der Waals surface area contributed by atoms with Gasteiger partial charge in [-0.25, -0.2) is 0 Å². The summed E-state index contributed by atoms with van der Waals surface area (Å²) in [7, 11) is 1.97. The number of rotatable bonds is 1. The van der Waals surface area contributed by atoms with Gasteiger partial charge >= 0.3 is 39.9 Å². The molecule has 0 aromatic rings. The SMILES string of the molecule is CS[I-]C. The minimum atomic E-state index is 0.527. The molecule has 0 aromatic carbocycles. The second kappa shape index (κ2) is 4.08. The van der Waals surface area contributed by atoms with Crippen LogP contribution in [0.1, 0.15) is 0 Å². The molecule has 0 spiro atoms. The average Bonchev–Trinajstić information content (AvgIpc) is 1.37.